The summed E-state index contributed by atoms with van der Waals surface area (Å²) in [5.74, 6) is 0. The lowest BCUT2D eigenvalue weighted by Crippen LogP contribution is -2.46. The average Bonchev–Trinajstić information content (AvgIpc) is 2.83. The Hall–Kier alpha value is -0.960. The lowest BCUT2D eigenvalue weighted by molar-refractivity contribution is 0.244. The van der Waals surface area contributed by atoms with Crippen LogP contribution >= 0.6 is 0 Å². The van der Waals surface area contributed by atoms with Gasteiger partial charge < -0.3 is 9.47 Å². The van der Waals surface area contributed by atoms with Gasteiger partial charge in [0.05, 0.1) is 18.6 Å². The van der Waals surface area contributed by atoms with Crippen LogP contribution in [0.2, 0.25) is 0 Å². The van der Waals surface area contributed by atoms with Crippen molar-refractivity contribution in [1.29, 1.82) is 0 Å². The molecule has 0 bridgehead atoms. The van der Waals surface area contributed by atoms with Crippen LogP contribution in [-0.2, 0) is 16.8 Å². The van der Waals surface area contributed by atoms with E-state index in [1.807, 2.05) is 14.1 Å². The first kappa shape index (κ1) is 15.4. The molecule has 0 spiro atoms. The standard InChI is InChI=1S/C12H23N5O2S/c1-14(2)6-5-11-8-16(20(18,19)15(3)4)9-12-7-13-10-17(11)12/h7,10-11H,5-6,8-9H2,1-4H3/t11-/m1/s1. The molecule has 1 atom stereocenters. The molecule has 1 aromatic rings. The van der Waals surface area contributed by atoms with Gasteiger partial charge in [0.15, 0.2) is 0 Å². The van der Waals surface area contributed by atoms with Crippen LogP contribution in [0.1, 0.15) is 18.2 Å². The minimum absolute atomic E-state index is 0.137. The van der Waals surface area contributed by atoms with E-state index >= 15 is 0 Å². The fourth-order valence-corrected chi connectivity index (χ4v) is 3.51. The number of aromatic nitrogens is 2. The molecule has 0 saturated carbocycles. The Morgan fingerprint density at radius 3 is 2.65 bits per heavy atom. The van der Waals surface area contributed by atoms with Crippen LogP contribution in [0.3, 0.4) is 0 Å². The van der Waals surface area contributed by atoms with Crippen LogP contribution in [0, 0.1) is 0 Å². The molecule has 8 heteroatoms. The van der Waals surface area contributed by atoms with E-state index < -0.39 is 10.2 Å². The number of nitrogens with zero attached hydrogens (tertiary/aromatic N) is 5. The molecule has 114 valence electrons. The van der Waals surface area contributed by atoms with Crippen molar-refractivity contribution in [3.8, 4) is 0 Å². The zero-order chi connectivity index (χ0) is 14.9. The minimum Gasteiger partial charge on any atom is -0.329 e. The monoisotopic (exact) mass is 301 g/mol. The van der Waals surface area contributed by atoms with Crippen LogP contribution < -0.4 is 0 Å². The number of fused-ring (bicyclic) bond motifs is 1. The first-order valence-corrected chi connectivity index (χ1v) is 8.05. The highest BCUT2D eigenvalue weighted by Gasteiger charge is 2.33. The molecule has 0 radical (unpaired) electrons. The van der Waals surface area contributed by atoms with E-state index in [9.17, 15) is 8.42 Å². The number of imidazole rings is 1. The van der Waals surface area contributed by atoms with Crippen molar-refractivity contribution in [1.82, 2.24) is 23.1 Å². The second kappa shape index (κ2) is 5.80. The lowest BCUT2D eigenvalue weighted by atomic mass is 10.1. The largest absolute Gasteiger partial charge is 0.329 e. The van der Waals surface area contributed by atoms with Crippen molar-refractivity contribution in [2.75, 3.05) is 41.3 Å². The molecule has 0 aliphatic carbocycles. The van der Waals surface area contributed by atoms with Gasteiger partial charge in [0.25, 0.3) is 10.2 Å². The van der Waals surface area contributed by atoms with Gasteiger partial charge in [0, 0.05) is 32.9 Å². The molecular formula is C12H23N5O2S. The normalized spacial score (nSPS) is 20.6. The molecule has 1 aliphatic heterocycles. The summed E-state index contributed by atoms with van der Waals surface area (Å²) >= 11 is 0. The van der Waals surface area contributed by atoms with Gasteiger partial charge in [-0.15, -0.1) is 0 Å². The van der Waals surface area contributed by atoms with E-state index in [1.165, 1.54) is 8.61 Å². The van der Waals surface area contributed by atoms with Gasteiger partial charge in [-0.05, 0) is 27.1 Å². The Morgan fingerprint density at radius 2 is 2.05 bits per heavy atom. The summed E-state index contributed by atoms with van der Waals surface area (Å²) in [7, 11) is 3.79. The second-order valence-electron chi connectivity index (χ2n) is 5.62. The van der Waals surface area contributed by atoms with Crippen LogP contribution in [0.4, 0.5) is 0 Å². The van der Waals surface area contributed by atoms with E-state index in [0.717, 1.165) is 18.7 Å². The maximum atomic E-state index is 12.3. The highest BCUT2D eigenvalue weighted by atomic mass is 32.2. The van der Waals surface area contributed by atoms with Crippen LogP contribution in [0.25, 0.3) is 0 Å². The topological polar surface area (TPSA) is 61.7 Å². The van der Waals surface area contributed by atoms with Crippen molar-refractivity contribution in [2.24, 2.45) is 0 Å². The Morgan fingerprint density at radius 1 is 1.35 bits per heavy atom. The highest BCUT2D eigenvalue weighted by Crippen LogP contribution is 2.26. The fraction of sp³-hybridized carbons (Fsp3) is 0.750. The van der Waals surface area contributed by atoms with Crippen LogP contribution in [0.5, 0.6) is 0 Å². The minimum atomic E-state index is -3.38. The van der Waals surface area contributed by atoms with Crippen molar-refractivity contribution in [3.63, 3.8) is 0 Å². The van der Waals surface area contributed by atoms with Gasteiger partial charge in [-0.25, -0.2) is 4.98 Å². The Kier molecular flexibility index (Phi) is 4.48. The smallest absolute Gasteiger partial charge is 0.281 e. The molecule has 2 heterocycles. The Balaban J connectivity index is 2.22. The van der Waals surface area contributed by atoms with Crippen molar-refractivity contribution in [3.05, 3.63) is 18.2 Å². The summed E-state index contributed by atoms with van der Waals surface area (Å²) in [5, 5.41) is 0. The molecule has 0 fully saturated rings. The summed E-state index contributed by atoms with van der Waals surface area (Å²) < 4.78 is 29.5. The molecule has 7 nitrogen and oxygen atoms in total. The van der Waals surface area contributed by atoms with Crippen LogP contribution in [0.15, 0.2) is 12.5 Å². The van der Waals surface area contributed by atoms with Crippen molar-refractivity contribution >= 4 is 10.2 Å². The average molecular weight is 301 g/mol. The lowest BCUT2D eigenvalue weighted by Gasteiger charge is -2.35. The molecule has 0 saturated heterocycles. The van der Waals surface area contributed by atoms with Gasteiger partial charge in [0.2, 0.25) is 0 Å². The third-order valence-electron chi connectivity index (χ3n) is 3.59. The van der Waals surface area contributed by atoms with Gasteiger partial charge in [0.1, 0.15) is 0 Å². The van der Waals surface area contributed by atoms with Crippen LogP contribution in [-0.4, -0.2) is 72.8 Å². The van der Waals surface area contributed by atoms with Crippen molar-refractivity contribution in [2.45, 2.75) is 19.0 Å². The molecule has 0 amide bonds. The second-order valence-corrected chi connectivity index (χ2v) is 7.76. The summed E-state index contributed by atoms with van der Waals surface area (Å²) in [5.41, 5.74) is 0.949. The van der Waals surface area contributed by atoms with Gasteiger partial charge in [-0.2, -0.15) is 17.0 Å². The number of rotatable bonds is 5. The molecule has 20 heavy (non-hydrogen) atoms. The van der Waals surface area contributed by atoms with Gasteiger partial charge in [-0.1, -0.05) is 0 Å². The summed E-state index contributed by atoms with van der Waals surface area (Å²) in [4.78, 5) is 6.26. The van der Waals surface area contributed by atoms with E-state index in [-0.39, 0.29) is 6.04 Å². The molecular weight excluding hydrogens is 278 g/mol. The predicted octanol–water partition coefficient (Wildman–Crippen LogP) is -0.00210. The molecule has 1 aromatic heterocycles. The zero-order valence-corrected chi connectivity index (χ0v) is 13.3. The Labute approximate surface area is 121 Å². The maximum Gasteiger partial charge on any atom is 0.281 e. The molecule has 1 aliphatic rings. The fourth-order valence-electron chi connectivity index (χ4n) is 2.40. The van der Waals surface area contributed by atoms with E-state index in [0.29, 0.717) is 13.1 Å². The third-order valence-corrected chi connectivity index (χ3v) is 5.44. The quantitative estimate of drug-likeness (QED) is 0.768. The molecule has 0 unspecified atom stereocenters. The molecule has 0 N–H and O–H groups in total. The zero-order valence-electron chi connectivity index (χ0n) is 12.5. The predicted molar refractivity (Wildman–Crippen MR) is 77.5 cm³/mol. The summed E-state index contributed by atoms with van der Waals surface area (Å²) in [6.07, 6.45) is 4.45. The maximum absolute atomic E-state index is 12.3. The van der Waals surface area contributed by atoms with E-state index in [2.05, 4.69) is 14.5 Å². The first-order valence-electron chi connectivity index (χ1n) is 6.65. The molecule has 0 aromatic carbocycles. The van der Waals surface area contributed by atoms with Gasteiger partial charge >= 0.3 is 0 Å². The summed E-state index contributed by atoms with van der Waals surface area (Å²) in [6.45, 7) is 1.80. The third kappa shape index (κ3) is 3.03. The first-order chi connectivity index (χ1) is 9.32. The Bertz CT molecular complexity index is 552. The SMILES string of the molecule is CN(C)CC[C@@H]1CN(S(=O)(=O)N(C)C)Cc2cncn21. The van der Waals surface area contributed by atoms with Crippen molar-refractivity contribution < 1.29 is 8.42 Å². The number of hydrogen-bond acceptors (Lipinski definition) is 4. The van der Waals surface area contributed by atoms with Gasteiger partial charge in [-0.3, -0.25) is 0 Å². The van der Waals surface area contributed by atoms with E-state index in [1.54, 1.807) is 26.6 Å². The van der Waals surface area contributed by atoms with E-state index in [4.69, 9.17) is 0 Å². The molecule has 2 rings (SSSR count). The number of hydrogen-bond donors (Lipinski definition) is 0. The summed E-state index contributed by atoms with van der Waals surface area (Å²) in [6, 6.07) is 0.137. The highest BCUT2D eigenvalue weighted by molar-refractivity contribution is 7.86.